The molecule has 4 N–H and O–H groups in total. The minimum absolute atomic E-state index is 0.833. The van der Waals surface area contributed by atoms with Crippen LogP contribution in [0.2, 0.25) is 0 Å². The Kier molecular flexibility index (Phi) is 4.97. The second-order valence-electron chi connectivity index (χ2n) is 2.17. The average Bonchev–Trinajstić information content (AvgIpc) is 2.11. The van der Waals surface area contributed by atoms with Crippen LogP contribution < -0.4 is 11.5 Å². The summed E-state index contributed by atoms with van der Waals surface area (Å²) in [5, 5.41) is 0. The van der Waals surface area contributed by atoms with Gasteiger partial charge < -0.3 is 11.5 Å². The van der Waals surface area contributed by atoms with Crippen LogP contribution in [0.3, 0.4) is 0 Å². The lowest BCUT2D eigenvalue weighted by Gasteiger charge is -1.67. The summed E-state index contributed by atoms with van der Waals surface area (Å²) in [5.41, 5.74) is 8.50. The number of carbonyl (C=O) groups excluding carboxylic acids is 1. The molecule has 2 amide bonds. The number of hydrogen-bond donors (Lipinski definition) is 2. The number of rotatable bonds is 0. The van der Waals surface area contributed by atoms with Crippen molar-refractivity contribution in [1.29, 1.82) is 0 Å². The molecule has 0 bridgehead atoms. The molecule has 0 heterocycles. The average molecular weight is 130 g/mol. The number of urea groups is 1. The minimum Gasteiger partial charge on any atom is -0.352 e. The van der Waals surface area contributed by atoms with E-state index in [9.17, 15) is 0 Å². The second kappa shape index (κ2) is 5.41. The normalized spacial score (nSPS) is 16.0. The van der Waals surface area contributed by atoms with E-state index in [1.54, 1.807) is 0 Å². The predicted molar refractivity (Wildman–Crippen MR) is 36.9 cm³/mol. The van der Waals surface area contributed by atoms with E-state index in [2.05, 4.69) is 11.5 Å². The van der Waals surface area contributed by atoms with Crippen molar-refractivity contribution in [2.45, 2.75) is 32.1 Å². The molecule has 54 valence electrons. The molecule has 0 spiro atoms. The van der Waals surface area contributed by atoms with E-state index in [1.165, 1.54) is 32.1 Å². The first-order chi connectivity index (χ1) is 4.23. The molecule has 3 heteroatoms. The zero-order chi connectivity index (χ0) is 7.11. The van der Waals surface area contributed by atoms with Gasteiger partial charge >= 0.3 is 6.03 Å². The van der Waals surface area contributed by atoms with Gasteiger partial charge in [-0.1, -0.05) is 32.1 Å². The smallest absolute Gasteiger partial charge is 0.309 e. The Hall–Kier alpha value is -0.730. The maximum atomic E-state index is 9.00. The highest BCUT2D eigenvalue weighted by atomic mass is 16.2. The molecular formula is C6H14N2O. The topological polar surface area (TPSA) is 69.1 Å². The van der Waals surface area contributed by atoms with Crippen molar-refractivity contribution in [3.8, 4) is 0 Å². The van der Waals surface area contributed by atoms with Crippen LogP contribution in [0.1, 0.15) is 32.1 Å². The van der Waals surface area contributed by atoms with Gasteiger partial charge in [0.1, 0.15) is 0 Å². The predicted octanol–water partition coefficient (Wildman–Crippen LogP) is 0.974. The van der Waals surface area contributed by atoms with Crippen molar-refractivity contribution in [3.63, 3.8) is 0 Å². The zero-order valence-electron chi connectivity index (χ0n) is 5.60. The first kappa shape index (κ1) is 8.27. The van der Waals surface area contributed by atoms with Gasteiger partial charge in [-0.3, -0.25) is 0 Å². The van der Waals surface area contributed by atoms with Crippen molar-refractivity contribution in [1.82, 2.24) is 0 Å². The third kappa shape index (κ3) is 11.1. The maximum Gasteiger partial charge on any atom is 0.309 e. The third-order valence-electron chi connectivity index (χ3n) is 1.25. The summed E-state index contributed by atoms with van der Waals surface area (Å²) in [6.45, 7) is 0. The molecule has 1 aliphatic rings. The van der Waals surface area contributed by atoms with Crippen LogP contribution in [0.15, 0.2) is 0 Å². The van der Waals surface area contributed by atoms with Crippen LogP contribution in [0.25, 0.3) is 0 Å². The lowest BCUT2D eigenvalue weighted by Crippen LogP contribution is -2.18. The van der Waals surface area contributed by atoms with Gasteiger partial charge in [-0.05, 0) is 0 Å². The molecule has 0 aliphatic heterocycles. The van der Waals surface area contributed by atoms with Crippen molar-refractivity contribution < 1.29 is 4.79 Å². The highest BCUT2D eigenvalue weighted by molar-refractivity contribution is 5.69. The molecule has 1 aliphatic carbocycles. The summed E-state index contributed by atoms with van der Waals surface area (Å²) in [4.78, 5) is 9.00. The van der Waals surface area contributed by atoms with Crippen LogP contribution in [0, 0.1) is 0 Å². The molecular weight excluding hydrogens is 116 g/mol. The highest BCUT2D eigenvalue weighted by Gasteiger charge is 1.95. The van der Waals surface area contributed by atoms with Crippen LogP contribution in [0.5, 0.6) is 0 Å². The van der Waals surface area contributed by atoms with Gasteiger partial charge in [0.25, 0.3) is 0 Å². The molecule has 0 radical (unpaired) electrons. The number of carbonyl (C=O) groups is 1. The summed E-state index contributed by atoms with van der Waals surface area (Å²) in [6, 6.07) is -0.833. The van der Waals surface area contributed by atoms with Crippen LogP contribution >= 0.6 is 0 Å². The van der Waals surface area contributed by atoms with E-state index in [1.807, 2.05) is 0 Å². The Labute approximate surface area is 55.4 Å². The molecule has 0 aromatic carbocycles. The highest BCUT2D eigenvalue weighted by Crippen LogP contribution is 2.15. The minimum atomic E-state index is -0.833. The molecule has 0 aromatic rings. The number of hydrogen-bond acceptors (Lipinski definition) is 1. The molecule has 3 nitrogen and oxygen atoms in total. The monoisotopic (exact) mass is 130 g/mol. The van der Waals surface area contributed by atoms with E-state index in [-0.39, 0.29) is 0 Å². The summed E-state index contributed by atoms with van der Waals surface area (Å²) < 4.78 is 0. The van der Waals surface area contributed by atoms with Crippen LogP contribution in [-0.2, 0) is 0 Å². The maximum absolute atomic E-state index is 9.00. The fourth-order valence-electron chi connectivity index (χ4n) is 0.884. The first-order valence-electron chi connectivity index (χ1n) is 3.28. The molecule has 0 atom stereocenters. The van der Waals surface area contributed by atoms with Gasteiger partial charge in [0, 0.05) is 0 Å². The molecule has 1 rings (SSSR count). The Morgan fingerprint density at radius 2 is 1.00 bits per heavy atom. The largest absolute Gasteiger partial charge is 0.352 e. The number of amides is 2. The molecule has 0 unspecified atom stereocenters. The van der Waals surface area contributed by atoms with Gasteiger partial charge in [0.2, 0.25) is 0 Å². The summed E-state index contributed by atoms with van der Waals surface area (Å²) in [7, 11) is 0. The quantitative estimate of drug-likeness (QED) is 0.504. The van der Waals surface area contributed by atoms with E-state index in [0.717, 1.165) is 0 Å². The number of nitrogens with two attached hydrogens (primary N) is 2. The molecule has 0 saturated heterocycles. The second-order valence-corrected chi connectivity index (χ2v) is 2.17. The number of primary amides is 2. The standard InChI is InChI=1S/C5H10.CH4N2O/c1-2-4-5-3-1;2-1(3)4/h1-5H2;(H4,2,3,4). The zero-order valence-corrected chi connectivity index (χ0v) is 5.60. The van der Waals surface area contributed by atoms with E-state index >= 15 is 0 Å². The fraction of sp³-hybridized carbons (Fsp3) is 0.833. The van der Waals surface area contributed by atoms with Crippen molar-refractivity contribution >= 4 is 6.03 Å². The molecule has 1 saturated carbocycles. The van der Waals surface area contributed by atoms with Crippen molar-refractivity contribution in [3.05, 3.63) is 0 Å². The van der Waals surface area contributed by atoms with Crippen LogP contribution in [-0.4, -0.2) is 6.03 Å². The van der Waals surface area contributed by atoms with Gasteiger partial charge in [0.05, 0.1) is 0 Å². The summed E-state index contributed by atoms with van der Waals surface area (Å²) in [5.74, 6) is 0. The van der Waals surface area contributed by atoms with Gasteiger partial charge in [-0.15, -0.1) is 0 Å². The Morgan fingerprint density at radius 1 is 0.889 bits per heavy atom. The van der Waals surface area contributed by atoms with Gasteiger partial charge in [0.15, 0.2) is 0 Å². The van der Waals surface area contributed by atoms with E-state index < -0.39 is 6.03 Å². The SMILES string of the molecule is C1CCCC1.NC(N)=O. The molecule has 9 heavy (non-hydrogen) atoms. The molecule has 1 fully saturated rings. The molecule has 0 aromatic heterocycles. The summed E-state index contributed by atoms with van der Waals surface area (Å²) >= 11 is 0. The Balaban J connectivity index is 0.000000148. The fourth-order valence-corrected chi connectivity index (χ4v) is 0.884. The first-order valence-corrected chi connectivity index (χ1v) is 3.28. The summed E-state index contributed by atoms with van der Waals surface area (Å²) in [6.07, 6.45) is 7.50. The van der Waals surface area contributed by atoms with Crippen molar-refractivity contribution in [2.24, 2.45) is 11.5 Å². The van der Waals surface area contributed by atoms with Gasteiger partial charge in [-0.25, -0.2) is 4.79 Å². The van der Waals surface area contributed by atoms with Crippen molar-refractivity contribution in [2.75, 3.05) is 0 Å². The van der Waals surface area contributed by atoms with Crippen LogP contribution in [0.4, 0.5) is 4.79 Å². The lowest BCUT2D eigenvalue weighted by molar-refractivity contribution is 0.256. The van der Waals surface area contributed by atoms with E-state index in [4.69, 9.17) is 4.79 Å². The van der Waals surface area contributed by atoms with E-state index in [0.29, 0.717) is 0 Å². The third-order valence-corrected chi connectivity index (χ3v) is 1.25. The Bertz CT molecular complexity index is 67.5. The lowest BCUT2D eigenvalue weighted by atomic mass is 10.4. The Morgan fingerprint density at radius 3 is 1.11 bits per heavy atom. The van der Waals surface area contributed by atoms with Gasteiger partial charge in [-0.2, -0.15) is 0 Å².